The Hall–Kier alpha value is -2.54. The summed E-state index contributed by atoms with van der Waals surface area (Å²) in [6.07, 6.45) is 1.30. The van der Waals surface area contributed by atoms with E-state index in [1.807, 2.05) is 0 Å². The van der Waals surface area contributed by atoms with E-state index in [0.29, 0.717) is 11.4 Å². The number of nitrogens with zero attached hydrogens (tertiary/aromatic N) is 1. The maximum absolute atomic E-state index is 13.5. The van der Waals surface area contributed by atoms with E-state index in [0.717, 1.165) is 6.07 Å². The van der Waals surface area contributed by atoms with Gasteiger partial charge in [0.2, 0.25) is 0 Å². The second-order valence-electron chi connectivity index (χ2n) is 4.07. The summed E-state index contributed by atoms with van der Waals surface area (Å²) in [5, 5.41) is 2.27. The van der Waals surface area contributed by atoms with Gasteiger partial charge in [0.05, 0.1) is 16.9 Å². The summed E-state index contributed by atoms with van der Waals surface area (Å²) in [7, 11) is 0. The second-order valence-corrected chi connectivity index (χ2v) is 4.07. The van der Waals surface area contributed by atoms with E-state index in [4.69, 9.17) is 5.84 Å². The highest BCUT2D eigenvalue weighted by Crippen LogP contribution is 2.20. The molecule has 5 nitrogen and oxygen atoms in total. The highest BCUT2D eigenvalue weighted by atomic mass is 19.2. The molecular formula is C13H12F2N4O. The zero-order valence-electron chi connectivity index (χ0n) is 10.6. The standard InChI is InChI=1S/C13H12F2N4O/c1-7-5-11(19-16)8(6-17-7)13(20)18-10-4-2-3-9(14)12(10)15/h2-6H,16H2,1H3,(H,17,19)(H,18,20). The maximum atomic E-state index is 13.5. The lowest BCUT2D eigenvalue weighted by molar-refractivity contribution is 0.102. The number of hydrogen-bond donors (Lipinski definition) is 3. The molecule has 0 aliphatic rings. The van der Waals surface area contributed by atoms with Crippen LogP contribution in [0.2, 0.25) is 0 Å². The number of carbonyl (C=O) groups is 1. The number of halogens is 2. The fraction of sp³-hybridized carbons (Fsp3) is 0.0769. The number of benzene rings is 1. The van der Waals surface area contributed by atoms with Gasteiger partial charge in [-0.2, -0.15) is 0 Å². The number of aromatic nitrogens is 1. The van der Waals surface area contributed by atoms with Gasteiger partial charge < -0.3 is 10.7 Å². The van der Waals surface area contributed by atoms with Gasteiger partial charge in [-0.3, -0.25) is 15.6 Å². The van der Waals surface area contributed by atoms with Gasteiger partial charge in [0, 0.05) is 11.9 Å². The first kappa shape index (κ1) is 13.9. The van der Waals surface area contributed by atoms with E-state index in [2.05, 4.69) is 15.7 Å². The molecule has 0 atom stereocenters. The molecule has 4 N–H and O–H groups in total. The Morgan fingerprint density at radius 1 is 1.30 bits per heavy atom. The van der Waals surface area contributed by atoms with Crippen LogP contribution in [0.5, 0.6) is 0 Å². The highest BCUT2D eigenvalue weighted by molar-refractivity contribution is 6.07. The molecule has 0 saturated carbocycles. The van der Waals surface area contributed by atoms with Crippen LogP contribution in [0.3, 0.4) is 0 Å². The van der Waals surface area contributed by atoms with Gasteiger partial charge in [0.25, 0.3) is 5.91 Å². The Kier molecular flexibility index (Phi) is 3.90. The molecule has 2 aromatic rings. The van der Waals surface area contributed by atoms with Crippen molar-refractivity contribution in [2.75, 3.05) is 10.7 Å². The summed E-state index contributed by atoms with van der Waals surface area (Å²) in [5.74, 6) is 2.51. The SMILES string of the molecule is Cc1cc(NN)c(C(=O)Nc2cccc(F)c2F)cn1. The molecule has 0 unspecified atom stereocenters. The zero-order valence-corrected chi connectivity index (χ0v) is 10.6. The number of nitrogens with one attached hydrogen (secondary N) is 2. The Morgan fingerprint density at radius 3 is 2.75 bits per heavy atom. The molecule has 104 valence electrons. The molecule has 1 aromatic carbocycles. The van der Waals surface area contributed by atoms with Crippen molar-refractivity contribution < 1.29 is 13.6 Å². The summed E-state index contributed by atoms with van der Waals surface area (Å²) in [4.78, 5) is 16.0. The van der Waals surface area contributed by atoms with Gasteiger partial charge in [-0.25, -0.2) is 8.78 Å². The van der Waals surface area contributed by atoms with Crippen LogP contribution in [0.15, 0.2) is 30.5 Å². The van der Waals surface area contributed by atoms with E-state index in [9.17, 15) is 13.6 Å². The number of carbonyl (C=O) groups excluding carboxylic acids is 1. The third-order valence-corrected chi connectivity index (χ3v) is 2.64. The van der Waals surface area contributed by atoms with Crippen LogP contribution in [0.1, 0.15) is 16.1 Å². The van der Waals surface area contributed by atoms with Crippen molar-refractivity contribution in [1.29, 1.82) is 0 Å². The minimum atomic E-state index is -1.12. The number of amides is 1. The van der Waals surface area contributed by atoms with Crippen molar-refractivity contribution in [3.05, 3.63) is 53.4 Å². The van der Waals surface area contributed by atoms with Gasteiger partial charge >= 0.3 is 0 Å². The molecule has 7 heteroatoms. The van der Waals surface area contributed by atoms with Crippen molar-refractivity contribution in [3.8, 4) is 0 Å². The number of nitrogen functional groups attached to an aromatic ring is 1. The molecule has 1 amide bonds. The number of nitrogens with two attached hydrogens (primary N) is 1. The van der Waals surface area contributed by atoms with Crippen molar-refractivity contribution in [3.63, 3.8) is 0 Å². The van der Waals surface area contributed by atoms with Crippen molar-refractivity contribution in [1.82, 2.24) is 4.98 Å². The van der Waals surface area contributed by atoms with Gasteiger partial charge in [0.15, 0.2) is 11.6 Å². The summed E-state index contributed by atoms with van der Waals surface area (Å²) in [6.45, 7) is 1.73. The molecule has 0 aliphatic carbocycles. The Balaban J connectivity index is 2.31. The Morgan fingerprint density at radius 2 is 2.05 bits per heavy atom. The van der Waals surface area contributed by atoms with E-state index in [-0.39, 0.29) is 11.3 Å². The third-order valence-electron chi connectivity index (χ3n) is 2.64. The summed E-state index contributed by atoms with van der Waals surface area (Å²) < 4.78 is 26.5. The molecule has 0 saturated heterocycles. The molecule has 0 bridgehead atoms. The quantitative estimate of drug-likeness (QED) is 0.594. The predicted molar refractivity (Wildman–Crippen MR) is 71.1 cm³/mol. The Labute approximate surface area is 113 Å². The lowest BCUT2D eigenvalue weighted by Gasteiger charge is -2.10. The van der Waals surface area contributed by atoms with Crippen LogP contribution in [0.4, 0.5) is 20.2 Å². The van der Waals surface area contributed by atoms with Gasteiger partial charge in [-0.1, -0.05) is 6.07 Å². The molecule has 1 heterocycles. The van der Waals surface area contributed by atoms with Crippen molar-refractivity contribution >= 4 is 17.3 Å². The lowest BCUT2D eigenvalue weighted by Crippen LogP contribution is -2.18. The predicted octanol–water partition coefficient (Wildman–Crippen LogP) is 2.21. The molecule has 2 rings (SSSR count). The smallest absolute Gasteiger partial charge is 0.259 e. The van der Waals surface area contributed by atoms with Crippen molar-refractivity contribution in [2.45, 2.75) is 6.92 Å². The lowest BCUT2D eigenvalue weighted by atomic mass is 10.2. The largest absolute Gasteiger partial charge is 0.323 e. The normalized spacial score (nSPS) is 10.2. The molecule has 20 heavy (non-hydrogen) atoms. The van der Waals surface area contributed by atoms with E-state index in [1.165, 1.54) is 18.3 Å². The van der Waals surface area contributed by atoms with Crippen LogP contribution in [0.25, 0.3) is 0 Å². The first-order chi connectivity index (χ1) is 9.52. The highest BCUT2D eigenvalue weighted by Gasteiger charge is 2.15. The minimum absolute atomic E-state index is 0.127. The van der Waals surface area contributed by atoms with Crippen LogP contribution in [0, 0.1) is 18.6 Å². The number of anilines is 2. The van der Waals surface area contributed by atoms with E-state index < -0.39 is 17.5 Å². The number of rotatable bonds is 3. The van der Waals surface area contributed by atoms with E-state index in [1.54, 1.807) is 13.0 Å². The summed E-state index contributed by atoms with van der Waals surface area (Å²) in [5.41, 5.74) is 3.23. The fourth-order valence-electron chi connectivity index (χ4n) is 1.65. The van der Waals surface area contributed by atoms with E-state index >= 15 is 0 Å². The Bertz CT molecular complexity index is 661. The van der Waals surface area contributed by atoms with Crippen LogP contribution in [-0.2, 0) is 0 Å². The number of aryl methyl sites for hydroxylation is 1. The maximum Gasteiger partial charge on any atom is 0.259 e. The first-order valence-corrected chi connectivity index (χ1v) is 5.71. The number of pyridine rings is 1. The van der Waals surface area contributed by atoms with Crippen LogP contribution < -0.4 is 16.6 Å². The van der Waals surface area contributed by atoms with Crippen LogP contribution in [-0.4, -0.2) is 10.9 Å². The molecule has 0 fully saturated rings. The second kappa shape index (κ2) is 5.62. The fourth-order valence-corrected chi connectivity index (χ4v) is 1.65. The summed E-state index contributed by atoms with van der Waals surface area (Å²) in [6, 6.07) is 5.08. The third kappa shape index (κ3) is 2.72. The monoisotopic (exact) mass is 278 g/mol. The zero-order chi connectivity index (χ0) is 14.7. The van der Waals surface area contributed by atoms with Crippen LogP contribution >= 0.6 is 0 Å². The number of hydrazine groups is 1. The van der Waals surface area contributed by atoms with Gasteiger partial charge in [-0.15, -0.1) is 0 Å². The average Bonchev–Trinajstić information content (AvgIpc) is 2.43. The number of hydrogen-bond acceptors (Lipinski definition) is 4. The topological polar surface area (TPSA) is 80.0 Å². The molecule has 0 aliphatic heterocycles. The average molecular weight is 278 g/mol. The van der Waals surface area contributed by atoms with Gasteiger partial charge in [-0.05, 0) is 25.1 Å². The molecular weight excluding hydrogens is 266 g/mol. The first-order valence-electron chi connectivity index (χ1n) is 5.71. The molecule has 1 aromatic heterocycles. The summed E-state index contributed by atoms with van der Waals surface area (Å²) >= 11 is 0. The minimum Gasteiger partial charge on any atom is -0.323 e. The van der Waals surface area contributed by atoms with Gasteiger partial charge in [0.1, 0.15) is 0 Å². The van der Waals surface area contributed by atoms with Crippen molar-refractivity contribution in [2.24, 2.45) is 5.84 Å². The molecule has 0 radical (unpaired) electrons. The molecule has 0 spiro atoms.